The summed E-state index contributed by atoms with van der Waals surface area (Å²) < 4.78 is 112. The van der Waals surface area contributed by atoms with E-state index < -0.39 is 57.6 Å². The van der Waals surface area contributed by atoms with Crippen LogP contribution in [0.5, 0.6) is 5.75 Å². The van der Waals surface area contributed by atoms with Gasteiger partial charge < -0.3 is 14.8 Å². The number of nitrogens with zero attached hydrogens (tertiary/aromatic N) is 1. The molecule has 2 atom stereocenters. The van der Waals surface area contributed by atoms with Gasteiger partial charge in [0.15, 0.2) is 9.84 Å². The van der Waals surface area contributed by atoms with Crippen molar-refractivity contribution in [2.24, 2.45) is 0 Å². The fourth-order valence-corrected chi connectivity index (χ4v) is 5.59. The first-order chi connectivity index (χ1) is 19.7. The Morgan fingerprint density at radius 2 is 1.74 bits per heavy atom. The lowest BCUT2D eigenvalue weighted by Gasteiger charge is -2.29. The minimum absolute atomic E-state index is 0.0305. The number of hydrogen-bond acceptors (Lipinski definition) is 7. The molecule has 1 aliphatic rings. The van der Waals surface area contributed by atoms with Crippen molar-refractivity contribution in [3.05, 3.63) is 65.5 Å². The van der Waals surface area contributed by atoms with Crippen LogP contribution in [-0.2, 0) is 25.1 Å². The van der Waals surface area contributed by atoms with Gasteiger partial charge in [0.25, 0.3) is 0 Å². The summed E-state index contributed by atoms with van der Waals surface area (Å²) in [5.74, 6) is -2.03. The molecule has 1 heterocycles. The number of para-hydroxylation sites is 1. The molecule has 2 aromatic rings. The molecule has 0 aromatic heterocycles. The van der Waals surface area contributed by atoms with Crippen molar-refractivity contribution in [3.63, 3.8) is 0 Å². The van der Waals surface area contributed by atoms with E-state index in [1.165, 1.54) is 31.2 Å². The first kappa shape index (κ1) is 34.8. The van der Waals surface area contributed by atoms with Gasteiger partial charge in [0.2, 0.25) is 6.41 Å². The molecule has 0 aliphatic carbocycles. The normalized spacial score (nSPS) is 16.4. The quantitative estimate of drug-likeness (QED) is 0.257. The predicted molar refractivity (Wildman–Crippen MR) is 141 cm³/mol. The van der Waals surface area contributed by atoms with E-state index in [1.54, 1.807) is 0 Å². The average molecular weight is 624 g/mol. The Morgan fingerprint density at radius 1 is 1.12 bits per heavy atom. The summed E-state index contributed by atoms with van der Waals surface area (Å²) in [5.41, 5.74) is -0.843. The Morgan fingerprint density at radius 3 is 2.29 bits per heavy atom. The zero-order chi connectivity index (χ0) is 31.4. The highest BCUT2D eigenvalue weighted by Gasteiger charge is 2.41. The zero-order valence-electron chi connectivity index (χ0n) is 22.5. The highest BCUT2D eigenvalue weighted by atomic mass is 32.2. The summed E-state index contributed by atoms with van der Waals surface area (Å²) in [6.45, 7) is -0.632. The first-order valence-corrected chi connectivity index (χ1v) is 14.5. The number of sulfone groups is 1. The van der Waals surface area contributed by atoms with Crippen LogP contribution in [0.3, 0.4) is 0 Å². The van der Waals surface area contributed by atoms with Crippen LogP contribution in [0.15, 0.2) is 48.5 Å². The number of nitriles is 1. The van der Waals surface area contributed by atoms with E-state index in [-0.39, 0.29) is 23.3 Å². The number of hydrogen-bond donors (Lipinski definition) is 2. The van der Waals surface area contributed by atoms with Crippen molar-refractivity contribution >= 4 is 16.2 Å². The van der Waals surface area contributed by atoms with Gasteiger partial charge in [-0.1, -0.05) is 30.3 Å². The molecular formula is C27H31F6N3O5S. The maximum absolute atomic E-state index is 13.4. The molecule has 3 rings (SSSR count). The van der Waals surface area contributed by atoms with Crippen molar-refractivity contribution in [3.8, 4) is 11.8 Å². The summed E-state index contributed by atoms with van der Waals surface area (Å²) in [5, 5.41) is 13.6. The van der Waals surface area contributed by atoms with Crippen LogP contribution in [0.25, 0.3) is 0 Å². The summed E-state index contributed by atoms with van der Waals surface area (Å²) in [4.78, 5) is 10.1. The highest BCUT2D eigenvalue weighted by molar-refractivity contribution is 7.90. The van der Waals surface area contributed by atoms with Crippen molar-refractivity contribution in [1.82, 2.24) is 10.6 Å². The average Bonchev–Trinajstić information content (AvgIpc) is 2.92. The van der Waals surface area contributed by atoms with Gasteiger partial charge in [-0.2, -0.15) is 27.2 Å². The van der Waals surface area contributed by atoms with Gasteiger partial charge in [-0.05, 0) is 37.1 Å². The standard InChI is InChI=1S/C20H21F6NO3S.C7H10N2O2/c1-13(27-18(20(24,25)26)14-6-8-16(21)9-7-14)10-11-31(28,29)12-15-4-2-3-5-17(15)30-19(22)23;8-5-7(9-6-10)1-3-11-4-2-7/h2-9,13,18-19,27H,10-12H2,1H3;6H,1-4H2,(H,9,10). The second-order valence-corrected chi connectivity index (χ2v) is 11.7. The second kappa shape index (κ2) is 15.8. The van der Waals surface area contributed by atoms with Crippen LogP contribution in [0, 0.1) is 17.1 Å². The van der Waals surface area contributed by atoms with Crippen LogP contribution in [0.2, 0.25) is 0 Å². The lowest BCUT2D eigenvalue weighted by atomic mass is 9.92. The Hall–Kier alpha value is -3.35. The topological polar surface area (TPSA) is 118 Å². The Kier molecular flexibility index (Phi) is 13.1. The van der Waals surface area contributed by atoms with Gasteiger partial charge in [-0.25, -0.2) is 12.8 Å². The number of benzene rings is 2. The van der Waals surface area contributed by atoms with Crippen LogP contribution < -0.4 is 15.4 Å². The third kappa shape index (κ3) is 11.5. The van der Waals surface area contributed by atoms with Crippen LogP contribution in [-0.4, -0.2) is 58.2 Å². The molecule has 0 radical (unpaired) electrons. The van der Waals surface area contributed by atoms with Gasteiger partial charge in [0.1, 0.15) is 23.1 Å². The molecular weight excluding hydrogens is 592 g/mol. The minimum atomic E-state index is -4.68. The molecule has 2 unspecified atom stereocenters. The van der Waals surface area contributed by atoms with E-state index in [0.717, 1.165) is 24.3 Å². The van der Waals surface area contributed by atoms with Crippen LogP contribution >= 0.6 is 0 Å². The fourth-order valence-electron chi connectivity index (χ4n) is 4.02. The van der Waals surface area contributed by atoms with Crippen molar-refractivity contribution in [1.29, 1.82) is 5.26 Å². The van der Waals surface area contributed by atoms with E-state index in [2.05, 4.69) is 21.4 Å². The highest BCUT2D eigenvalue weighted by Crippen LogP contribution is 2.33. The summed E-state index contributed by atoms with van der Waals surface area (Å²) in [6.07, 6.45) is -3.09. The number of carbonyl (C=O) groups excluding carboxylic acids is 1. The van der Waals surface area contributed by atoms with Gasteiger partial charge >= 0.3 is 12.8 Å². The van der Waals surface area contributed by atoms with Gasteiger partial charge in [0, 0.05) is 37.7 Å². The number of amides is 1. The van der Waals surface area contributed by atoms with E-state index in [4.69, 9.17) is 10.00 Å². The molecule has 0 saturated carbocycles. The monoisotopic (exact) mass is 623 g/mol. The molecule has 0 bridgehead atoms. The third-order valence-corrected chi connectivity index (χ3v) is 7.91. The molecule has 2 N–H and O–H groups in total. The van der Waals surface area contributed by atoms with E-state index in [9.17, 15) is 39.6 Å². The Bertz CT molecular complexity index is 1280. The zero-order valence-corrected chi connectivity index (χ0v) is 23.4. The third-order valence-electron chi connectivity index (χ3n) is 6.30. The van der Waals surface area contributed by atoms with Gasteiger partial charge in [-0.3, -0.25) is 10.1 Å². The van der Waals surface area contributed by atoms with Crippen LogP contribution in [0.4, 0.5) is 26.3 Å². The molecule has 0 spiro atoms. The number of rotatable bonds is 12. The number of ether oxygens (including phenoxy) is 2. The minimum Gasteiger partial charge on any atom is -0.435 e. The summed E-state index contributed by atoms with van der Waals surface area (Å²) in [6, 6.07) is 8.35. The van der Waals surface area contributed by atoms with Crippen molar-refractivity contribution in [2.45, 2.75) is 62.3 Å². The molecule has 232 valence electrons. The Labute approximate surface area is 239 Å². The van der Waals surface area contributed by atoms with Crippen molar-refractivity contribution < 1.29 is 49.0 Å². The number of alkyl halides is 5. The fraction of sp³-hybridized carbons (Fsp3) is 0.481. The second-order valence-electron chi connectivity index (χ2n) is 9.53. The summed E-state index contributed by atoms with van der Waals surface area (Å²) in [7, 11) is -3.83. The number of carbonyl (C=O) groups is 1. The Balaban J connectivity index is 0.000000468. The van der Waals surface area contributed by atoms with Gasteiger partial charge in [-0.15, -0.1) is 0 Å². The summed E-state index contributed by atoms with van der Waals surface area (Å²) >= 11 is 0. The lowest BCUT2D eigenvalue weighted by Crippen LogP contribution is -2.47. The maximum Gasteiger partial charge on any atom is 0.407 e. The molecule has 8 nitrogen and oxygen atoms in total. The molecule has 42 heavy (non-hydrogen) atoms. The molecule has 1 fully saturated rings. The maximum atomic E-state index is 13.4. The number of nitrogens with one attached hydrogen (secondary N) is 2. The largest absolute Gasteiger partial charge is 0.435 e. The SMILES string of the molecule is CC(CCS(=O)(=O)Cc1ccccc1OC(F)F)NC(c1ccc(F)cc1)C(F)(F)F.N#CC1(NC=O)CCOCC1. The van der Waals surface area contributed by atoms with Gasteiger partial charge in [0.05, 0.1) is 17.6 Å². The smallest absolute Gasteiger partial charge is 0.407 e. The lowest BCUT2D eigenvalue weighted by molar-refractivity contribution is -0.159. The van der Waals surface area contributed by atoms with E-state index in [0.29, 0.717) is 32.5 Å². The van der Waals surface area contributed by atoms with Crippen molar-refractivity contribution in [2.75, 3.05) is 19.0 Å². The molecule has 15 heteroatoms. The predicted octanol–water partition coefficient (Wildman–Crippen LogP) is 4.82. The van der Waals surface area contributed by atoms with Crippen LogP contribution in [0.1, 0.15) is 43.4 Å². The first-order valence-electron chi connectivity index (χ1n) is 12.7. The molecule has 1 amide bonds. The molecule has 1 aliphatic heterocycles. The molecule has 1 saturated heterocycles. The number of halogens is 6. The van der Waals surface area contributed by atoms with E-state index >= 15 is 0 Å². The molecule has 2 aromatic carbocycles. The van der Waals surface area contributed by atoms with E-state index in [1.807, 2.05) is 0 Å².